The third-order valence-electron chi connectivity index (χ3n) is 3.57. The van der Waals surface area contributed by atoms with Crippen molar-refractivity contribution in [3.63, 3.8) is 0 Å². The quantitative estimate of drug-likeness (QED) is 0.703. The van der Waals surface area contributed by atoms with E-state index >= 15 is 0 Å². The summed E-state index contributed by atoms with van der Waals surface area (Å²) in [6, 6.07) is 8.45. The maximum atomic E-state index is 12.2. The van der Waals surface area contributed by atoms with Gasteiger partial charge in [0.1, 0.15) is 24.5 Å². The van der Waals surface area contributed by atoms with Gasteiger partial charge in [-0.1, -0.05) is 13.3 Å². The van der Waals surface area contributed by atoms with E-state index in [1.807, 2.05) is 6.92 Å². The molecule has 2 rings (SSSR count). The Hall–Kier alpha value is -2.43. The van der Waals surface area contributed by atoms with Crippen LogP contribution in [0.3, 0.4) is 0 Å². The molecular weight excluding hydrogens is 292 g/mol. The molecule has 1 aromatic heterocycles. The molecule has 0 N–H and O–H groups in total. The Labute approximate surface area is 135 Å². The molecule has 0 atom stereocenters. The van der Waals surface area contributed by atoms with Crippen LogP contribution >= 0.6 is 0 Å². The smallest absolute Gasteiger partial charge is 0.253 e. The van der Waals surface area contributed by atoms with Crippen molar-refractivity contribution in [2.45, 2.75) is 39.7 Å². The highest BCUT2D eigenvalue weighted by Crippen LogP contribution is 2.11. The second-order valence-electron chi connectivity index (χ2n) is 5.44. The van der Waals surface area contributed by atoms with E-state index in [1.165, 1.54) is 0 Å². The van der Waals surface area contributed by atoms with Crippen LogP contribution in [-0.4, -0.2) is 22.4 Å². The zero-order valence-electron chi connectivity index (χ0n) is 13.6. The monoisotopic (exact) mass is 314 g/mol. The van der Waals surface area contributed by atoms with Gasteiger partial charge < -0.3 is 4.74 Å². The minimum absolute atomic E-state index is 0.0384. The first kappa shape index (κ1) is 16.9. The lowest BCUT2D eigenvalue weighted by molar-refractivity contribution is 0.112. The summed E-state index contributed by atoms with van der Waals surface area (Å²) in [5, 5.41) is 0. The number of nitrogens with zero attached hydrogens (tertiary/aromatic N) is 2. The molecule has 0 spiro atoms. The van der Waals surface area contributed by atoms with Gasteiger partial charge >= 0.3 is 0 Å². The first-order valence-corrected chi connectivity index (χ1v) is 7.89. The molecule has 0 saturated carbocycles. The molecule has 0 amide bonds. The summed E-state index contributed by atoms with van der Waals surface area (Å²) in [6.45, 7) is 4.79. The maximum Gasteiger partial charge on any atom is 0.253 e. The number of hydrogen-bond acceptors (Lipinski definition) is 4. The third kappa shape index (κ3) is 4.77. The summed E-state index contributed by atoms with van der Waals surface area (Å²) in [5.74, 6) is 1.50. The zero-order valence-corrected chi connectivity index (χ0v) is 13.6. The minimum Gasteiger partial charge on any atom is -0.492 e. The Morgan fingerprint density at radius 3 is 2.65 bits per heavy atom. The molecule has 1 aromatic carbocycles. The molecule has 0 saturated heterocycles. The van der Waals surface area contributed by atoms with E-state index in [-0.39, 0.29) is 5.56 Å². The van der Waals surface area contributed by atoms with Gasteiger partial charge in [-0.05, 0) is 37.6 Å². The molecular formula is C18H22N2O3. The molecule has 0 aliphatic rings. The van der Waals surface area contributed by atoms with E-state index in [4.69, 9.17) is 4.74 Å². The molecule has 1 heterocycles. The van der Waals surface area contributed by atoms with Gasteiger partial charge in [-0.3, -0.25) is 14.2 Å². The largest absolute Gasteiger partial charge is 0.492 e. The van der Waals surface area contributed by atoms with Crippen molar-refractivity contribution in [1.29, 1.82) is 0 Å². The summed E-state index contributed by atoms with van der Waals surface area (Å²) in [4.78, 5) is 27.3. The topological polar surface area (TPSA) is 61.2 Å². The van der Waals surface area contributed by atoms with Gasteiger partial charge in [-0.25, -0.2) is 4.98 Å². The Balaban J connectivity index is 2.03. The number of aldehydes is 1. The van der Waals surface area contributed by atoms with Crippen molar-refractivity contribution < 1.29 is 9.53 Å². The first-order valence-electron chi connectivity index (χ1n) is 7.89. The Morgan fingerprint density at radius 1 is 1.26 bits per heavy atom. The third-order valence-corrected chi connectivity index (χ3v) is 3.57. The van der Waals surface area contributed by atoms with E-state index < -0.39 is 0 Å². The SMILES string of the molecule is CCCCc1nc(C)cc(=O)n1CCOc1ccc(C=O)cc1. The molecule has 5 heteroatoms. The van der Waals surface area contributed by atoms with Crippen LogP contribution < -0.4 is 10.3 Å². The summed E-state index contributed by atoms with van der Waals surface area (Å²) in [6.07, 6.45) is 3.65. The van der Waals surface area contributed by atoms with Crippen LogP contribution in [0.1, 0.15) is 41.6 Å². The molecule has 0 bridgehead atoms. The Bertz CT molecular complexity index is 705. The van der Waals surface area contributed by atoms with Gasteiger partial charge in [0.05, 0.1) is 6.54 Å². The summed E-state index contributed by atoms with van der Waals surface area (Å²) in [7, 11) is 0. The van der Waals surface area contributed by atoms with Crippen LogP contribution in [-0.2, 0) is 13.0 Å². The average molecular weight is 314 g/mol. The van der Waals surface area contributed by atoms with Crippen molar-refractivity contribution >= 4 is 6.29 Å². The van der Waals surface area contributed by atoms with Crippen LogP contribution in [0.25, 0.3) is 0 Å². The van der Waals surface area contributed by atoms with Gasteiger partial charge in [-0.15, -0.1) is 0 Å². The Kier molecular flexibility index (Phi) is 6.09. The van der Waals surface area contributed by atoms with Crippen LogP contribution in [0.15, 0.2) is 35.1 Å². The van der Waals surface area contributed by atoms with Crippen molar-refractivity contribution in [2.75, 3.05) is 6.61 Å². The highest BCUT2D eigenvalue weighted by atomic mass is 16.5. The minimum atomic E-state index is -0.0384. The number of benzene rings is 1. The second-order valence-corrected chi connectivity index (χ2v) is 5.44. The summed E-state index contributed by atoms with van der Waals surface area (Å²) in [5.41, 5.74) is 1.32. The van der Waals surface area contributed by atoms with E-state index in [2.05, 4.69) is 11.9 Å². The zero-order chi connectivity index (χ0) is 16.7. The number of carbonyl (C=O) groups excluding carboxylic acids is 1. The van der Waals surface area contributed by atoms with Crippen LogP contribution in [0.5, 0.6) is 5.75 Å². The van der Waals surface area contributed by atoms with Crippen LogP contribution in [0.4, 0.5) is 0 Å². The molecule has 0 radical (unpaired) electrons. The molecule has 0 aliphatic heterocycles. The van der Waals surface area contributed by atoms with Crippen molar-refractivity contribution in [3.8, 4) is 5.75 Å². The number of aromatic nitrogens is 2. The van der Waals surface area contributed by atoms with Crippen LogP contribution in [0.2, 0.25) is 0 Å². The standard InChI is InChI=1S/C18H22N2O3/c1-3-4-5-17-19-14(2)12-18(22)20(17)10-11-23-16-8-6-15(13-21)7-9-16/h6-9,12-13H,3-5,10-11H2,1-2H3. The summed E-state index contributed by atoms with van der Waals surface area (Å²) < 4.78 is 7.33. The average Bonchev–Trinajstić information content (AvgIpc) is 2.55. The van der Waals surface area contributed by atoms with E-state index in [0.717, 1.165) is 37.1 Å². The van der Waals surface area contributed by atoms with Gasteiger partial charge in [0.2, 0.25) is 0 Å². The lowest BCUT2D eigenvalue weighted by Crippen LogP contribution is -2.27. The predicted molar refractivity (Wildman–Crippen MR) is 89.2 cm³/mol. The fraction of sp³-hybridized carbons (Fsp3) is 0.389. The van der Waals surface area contributed by atoms with E-state index in [1.54, 1.807) is 34.9 Å². The highest BCUT2D eigenvalue weighted by molar-refractivity contribution is 5.74. The predicted octanol–water partition coefficient (Wildman–Crippen LogP) is 2.79. The molecule has 5 nitrogen and oxygen atoms in total. The number of rotatable bonds is 8. The number of carbonyl (C=O) groups is 1. The summed E-state index contributed by atoms with van der Waals surface area (Å²) >= 11 is 0. The fourth-order valence-electron chi connectivity index (χ4n) is 2.34. The fourth-order valence-corrected chi connectivity index (χ4v) is 2.34. The van der Waals surface area contributed by atoms with Gasteiger partial charge in [0.15, 0.2) is 0 Å². The normalized spacial score (nSPS) is 10.5. The molecule has 122 valence electrons. The second kappa shape index (κ2) is 8.27. The molecule has 0 unspecified atom stereocenters. The van der Waals surface area contributed by atoms with Crippen molar-refractivity contribution in [3.05, 3.63) is 57.8 Å². The maximum absolute atomic E-state index is 12.2. The van der Waals surface area contributed by atoms with Crippen molar-refractivity contribution in [2.24, 2.45) is 0 Å². The number of aryl methyl sites for hydroxylation is 2. The molecule has 23 heavy (non-hydrogen) atoms. The molecule has 2 aromatic rings. The number of hydrogen-bond donors (Lipinski definition) is 0. The number of unbranched alkanes of at least 4 members (excludes halogenated alkanes) is 1. The van der Waals surface area contributed by atoms with E-state index in [9.17, 15) is 9.59 Å². The van der Waals surface area contributed by atoms with Gasteiger partial charge in [0, 0.05) is 23.7 Å². The Morgan fingerprint density at radius 2 is 2.00 bits per heavy atom. The lowest BCUT2D eigenvalue weighted by atomic mass is 10.2. The van der Waals surface area contributed by atoms with Gasteiger partial charge in [-0.2, -0.15) is 0 Å². The molecule has 0 fully saturated rings. The van der Waals surface area contributed by atoms with Crippen LogP contribution in [0, 0.1) is 6.92 Å². The molecule has 0 aliphatic carbocycles. The van der Waals surface area contributed by atoms with Crippen molar-refractivity contribution in [1.82, 2.24) is 9.55 Å². The highest BCUT2D eigenvalue weighted by Gasteiger charge is 2.07. The lowest BCUT2D eigenvalue weighted by Gasteiger charge is -2.13. The first-order chi connectivity index (χ1) is 11.1. The van der Waals surface area contributed by atoms with E-state index in [0.29, 0.717) is 24.5 Å². The number of ether oxygens (including phenoxy) is 1. The van der Waals surface area contributed by atoms with Gasteiger partial charge in [0.25, 0.3) is 5.56 Å².